The zero-order valence-corrected chi connectivity index (χ0v) is 16.8. The predicted molar refractivity (Wildman–Crippen MR) is 121 cm³/mol. The lowest BCUT2D eigenvalue weighted by molar-refractivity contribution is 0.122. The molecule has 1 saturated heterocycles. The van der Waals surface area contributed by atoms with Crippen molar-refractivity contribution in [3.05, 3.63) is 67.3 Å². The molecule has 0 bridgehead atoms. The third-order valence-corrected chi connectivity index (χ3v) is 5.60. The van der Waals surface area contributed by atoms with Gasteiger partial charge in [0, 0.05) is 42.8 Å². The topological polar surface area (TPSA) is 83.4 Å². The number of rotatable bonds is 4. The number of anilines is 3. The number of nitrogens with zero attached hydrogens (tertiary/aromatic N) is 5. The molecular formula is C23H21N7O. The molecule has 31 heavy (non-hydrogen) atoms. The number of nitrogens with one attached hydrogen (secondary N) is 2. The van der Waals surface area contributed by atoms with Crippen molar-refractivity contribution >= 4 is 33.7 Å². The van der Waals surface area contributed by atoms with Crippen molar-refractivity contribution in [1.82, 2.24) is 24.6 Å². The van der Waals surface area contributed by atoms with Gasteiger partial charge >= 0.3 is 0 Å². The Bertz CT molecular complexity index is 1350. The van der Waals surface area contributed by atoms with E-state index >= 15 is 0 Å². The van der Waals surface area contributed by atoms with Crippen LogP contribution in [-0.2, 0) is 4.74 Å². The minimum atomic E-state index is 0.753. The molecule has 0 spiro atoms. The summed E-state index contributed by atoms with van der Waals surface area (Å²) in [5, 5.41) is 9.33. The average Bonchev–Trinajstić information content (AvgIpc) is 3.49. The van der Waals surface area contributed by atoms with Gasteiger partial charge in [-0.15, -0.1) is 0 Å². The van der Waals surface area contributed by atoms with Crippen molar-refractivity contribution in [3.8, 4) is 11.3 Å². The molecule has 0 radical (unpaired) electrons. The highest BCUT2D eigenvalue weighted by Gasteiger charge is 2.13. The lowest BCUT2D eigenvalue weighted by Crippen LogP contribution is -2.36. The Labute approximate surface area is 178 Å². The first kappa shape index (κ1) is 17.9. The average molecular weight is 411 g/mol. The maximum atomic E-state index is 5.43. The van der Waals surface area contributed by atoms with Crippen molar-refractivity contribution in [2.24, 2.45) is 0 Å². The summed E-state index contributed by atoms with van der Waals surface area (Å²) >= 11 is 0. The number of fused-ring (bicyclic) bond motifs is 2. The van der Waals surface area contributed by atoms with Gasteiger partial charge in [0.1, 0.15) is 5.82 Å². The SMILES string of the molecule is c1cn2nc(-c3ccc4cc[nH]c4c3)cc(Nc3ccc(N4CCOCC4)cn3)c2n1. The summed E-state index contributed by atoms with van der Waals surface area (Å²) in [5.74, 6) is 0.763. The summed E-state index contributed by atoms with van der Waals surface area (Å²) in [6.45, 7) is 3.29. The van der Waals surface area contributed by atoms with E-state index in [0.717, 1.165) is 65.9 Å². The van der Waals surface area contributed by atoms with Crippen LogP contribution in [0.15, 0.2) is 67.3 Å². The fourth-order valence-electron chi connectivity index (χ4n) is 3.96. The molecule has 4 aromatic heterocycles. The quantitative estimate of drug-likeness (QED) is 0.467. The summed E-state index contributed by atoms with van der Waals surface area (Å²) in [4.78, 5) is 14.6. The molecule has 0 atom stereocenters. The summed E-state index contributed by atoms with van der Waals surface area (Å²) < 4.78 is 7.22. The lowest BCUT2D eigenvalue weighted by Gasteiger charge is -2.28. The van der Waals surface area contributed by atoms with Gasteiger partial charge in [0.15, 0.2) is 5.65 Å². The van der Waals surface area contributed by atoms with Crippen LogP contribution in [-0.4, -0.2) is 50.9 Å². The van der Waals surface area contributed by atoms with Crippen LogP contribution in [0.3, 0.4) is 0 Å². The van der Waals surface area contributed by atoms with Crippen molar-refractivity contribution in [1.29, 1.82) is 0 Å². The van der Waals surface area contributed by atoms with E-state index in [2.05, 4.69) is 55.5 Å². The van der Waals surface area contributed by atoms with Crippen molar-refractivity contribution in [3.63, 3.8) is 0 Å². The molecule has 6 rings (SSSR count). The van der Waals surface area contributed by atoms with Crippen LogP contribution in [0.25, 0.3) is 27.8 Å². The van der Waals surface area contributed by atoms with E-state index in [0.29, 0.717) is 0 Å². The number of benzene rings is 1. The van der Waals surface area contributed by atoms with Crippen LogP contribution < -0.4 is 10.2 Å². The molecule has 8 heteroatoms. The van der Waals surface area contributed by atoms with Crippen molar-refractivity contribution in [2.75, 3.05) is 36.5 Å². The zero-order valence-electron chi connectivity index (χ0n) is 16.8. The molecule has 154 valence electrons. The minimum absolute atomic E-state index is 0.753. The Hall–Kier alpha value is -3.91. The van der Waals surface area contributed by atoms with E-state index in [4.69, 9.17) is 9.84 Å². The number of H-pyrrole nitrogens is 1. The maximum Gasteiger partial charge on any atom is 0.177 e. The van der Waals surface area contributed by atoms with E-state index in [9.17, 15) is 0 Å². The van der Waals surface area contributed by atoms with Gasteiger partial charge in [-0.3, -0.25) is 0 Å². The molecule has 2 N–H and O–H groups in total. The fraction of sp³-hybridized carbons (Fsp3) is 0.174. The molecule has 1 fully saturated rings. The van der Waals surface area contributed by atoms with Crippen LogP contribution in [0.2, 0.25) is 0 Å². The highest BCUT2D eigenvalue weighted by molar-refractivity contribution is 5.85. The monoisotopic (exact) mass is 411 g/mol. The Morgan fingerprint density at radius 3 is 2.81 bits per heavy atom. The van der Waals surface area contributed by atoms with E-state index in [-0.39, 0.29) is 0 Å². The third kappa shape index (κ3) is 3.36. The van der Waals surface area contributed by atoms with Crippen molar-refractivity contribution in [2.45, 2.75) is 0 Å². The molecule has 0 amide bonds. The number of aromatic amines is 1. The predicted octanol–water partition coefficient (Wildman–Crippen LogP) is 3.85. The van der Waals surface area contributed by atoms with Crippen LogP contribution >= 0.6 is 0 Å². The number of hydrogen-bond donors (Lipinski definition) is 2. The van der Waals surface area contributed by atoms with Crippen LogP contribution in [0.1, 0.15) is 0 Å². The zero-order chi connectivity index (χ0) is 20.6. The summed E-state index contributed by atoms with van der Waals surface area (Å²) in [5.41, 5.74) is 5.69. The first-order valence-corrected chi connectivity index (χ1v) is 10.3. The van der Waals surface area contributed by atoms with E-state index < -0.39 is 0 Å². The normalized spacial score (nSPS) is 14.4. The van der Waals surface area contributed by atoms with E-state index in [1.54, 1.807) is 10.7 Å². The second-order valence-corrected chi connectivity index (χ2v) is 7.54. The lowest BCUT2D eigenvalue weighted by atomic mass is 10.1. The van der Waals surface area contributed by atoms with Crippen LogP contribution in [0.4, 0.5) is 17.2 Å². The largest absolute Gasteiger partial charge is 0.378 e. The van der Waals surface area contributed by atoms with Gasteiger partial charge < -0.3 is 19.9 Å². The van der Waals surface area contributed by atoms with E-state index in [1.807, 2.05) is 30.7 Å². The molecule has 0 unspecified atom stereocenters. The highest BCUT2D eigenvalue weighted by atomic mass is 16.5. The van der Waals surface area contributed by atoms with Gasteiger partial charge in [-0.05, 0) is 35.7 Å². The van der Waals surface area contributed by atoms with Gasteiger partial charge in [-0.2, -0.15) is 5.10 Å². The molecule has 1 aromatic carbocycles. The molecular weight excluding hydrogens is 390 g/mol. The molecule has 5 heterocycles. The van der Waals surface area contributed by atoms with Gasteiger partial charge in [-0.25, -0.2) is 14.5 Å². The molecule has 1 aliphatic rings. The number of aromatic nitrogens is 5. The fourth-order valence-corrected chi connectivity index (χ4v) is 3.96. The number of ether oxygens (including phenoxy) is 1. The summed E-state index contributed by atoms with van der Waals surface area (Å²) in [7, 11) is 0. The summed E-state index contributed by atoms with van der Waals surface area (Å²) in [6, 6.07) is 14.5. The smallest absolute Gasteiger partial charge is 0.177 e. The third-order valence-electron chi connectivity index (χ3n) is 5.60. The van der Waals surface area contributed by atoms with Crippen molar-refractivity contribution < 1.29 is 4.74 Å². The number of hydrogen-bond acceptors (Lipinski definition) is 6. The Balaban J connectivity index is 1.33. The Morgan fingerprint density at radius 2 is 1.94 bits per heavy atom. The van der Waals surface area contributed by atoms with Gasteiger partial charge in [0.2, 0.25) is 0 Å². The molecule has 0 aliphatic carbocycles. The first-order chi connectivity index (χ1) is 15.3. The Morgan fingerprint density at radius 1 is 1.00 bits per heavy atom. The first-order valence-electron chi connectivity index (χ1n) is 10.3. The number of morpholine rings is 1. The molecule has 1 aliphatic heterocycles. The second-order valence-electron chi connectivity index (χ2n) is 7.54. The van der Waals surface area contributed by atoms with Crippen LogP contribution in [0.5, 0.6) is 0 Å². The maximum absolute atomic E-state index is 5.43. The van der Waals surface area contributed by atoms with E-state index in [1.165, 1.54) is 5.39 Å². The van der Waals surface area contributed by atoms with Gasteiger partial charge in [0.05, 0.1) is 36.5 Å². The number of imidazole rings is 1. The molecule has 5 aromatic rings. The summed E-state index contributed by atoms with van der Waals surface area (Å²) in [6.07, 6.45) is 7.45. The van der Waals surface area contributed by atoms with Crippen LogP contribution in [0, 0.1) is 0 Å². The Kier molecular flexibility index (Phi) is 4.28. The highest BCUT2D eigenvalue weighted by Crippen LogP contribution is 2.28. The van der Waals surface area contributed by atoms with Gasteiger partial charge in [-0.1, -0.05) is 12.1 Å². The van der Waals surface area contributed by atoms with Gasteiger partial charge in [0.25, 0.3) is 0 Å². The number of pyridine rings is 1. The minimum Gasteiger partial charge on any atom is -0.378 e. The molecule has 8 nitrogen and oxygen atoms in total. The second kappa shape index (κ2) is 7.41. The molecule has 0 saturated carbocycles. The standard InChI is InChI=1S/C23H21N7O/c1-2-17(13-19-16(1)5-6-24-19)20-14-21(23-25-7-8-30(23)28-20)27-22-4-3-18(15-26-22)29-9-11-31-12-10-29/h1-8,13-15,24H,9-12H2,(H,26,27).